The Kier molecular flexibility index (Phi) is 4.29. The van der Waals surface area contributed by atoms with Crippen LogP contribution in [0, 0.1) is 18.6 Å². The Morgan fingerprint density at radius 2 is 2.05 bits per heavy atom. The van der Waals surface area contributed by atoms with Crippen molar-refractivity contribution in [3.05, 3.63) is 34.9 Å². The zero-order valence-electron chi connectivity index (χ0n) is 11.5. The van der Waals surface area contributed by atoms with Crippen molar-refractivity contribution in [1.82, 2.24) is 4.90 Å². The van der Waals surface area contributed by atoms with E-state index in [1.54, 1.807) is 0 Å². The van der Waals surface area contributed by atoms with Crippen LogP contribution in [0.5, 0.6) is 0 Å². The average Bonchev–Trinajstić information content (AvgIpc) is 2.42. The molecule has 1 aliphatic heterocycles. The largest absolute Gasteiger partial charge is 0.337 e. The summed E-state index contributed by atoms with van der Waals surface area (Å²) < 4.78 is 50.4. The standard InChI is InChI=1S/C13H16F2N2O3S/c1-8-4-5-10(14)11(12(8)15)13(18)17-6-2-3-9(7-17)21(16,19)20/h4-5,9H,2-3,6-7H2,1H3,(H2,16,19,20). The third-order valence-corrected chi connectivity index (χ3v) is 4.94. The number of hydrogen-bond donors (Lipinski definition) is 1. The second-order valence-corrected chi connectivity index (χ2v) is 7.00. The van der Waals surface area contributed by atoms with Gasteiger partial charge in [0.25, 0.3) is 5.91 Å². The highest BCUT2D eigenvalue weighted by Crippen LogP contribution is 2.22. The van der Waals surface area contributed by atoms with Gasteiger partial charge in [0.2, 0.25) is 10.0 Å². The predicted molar refractivity (Wildman–Crippen MR) is 73.1 cm³/mol. The number of likely N-dealkylation sites (tertiary alicyclic amines) is 1. The van der Waals surface area contributed by atoms with Crippen molar-refractivity contribution in [3.8, 4) is 0 Å². The van der Waals surface area contributed by atoms with E-state index < -0.39 is 38.4 Å². The van der Waals surface area contributed by atoms with Crippen LogP contribution < -0.4 is 5.14 Å². The van der Waals surface area contributed by atoms with Gasteiger partial charge in [-0.1, -0.05) is 6.07 Å². The second-order valence-electron chi connectivity index (χ2n) is 5.16. The third kappa shape index (κ3) is 3.21. The van der Waals surface area contributed by atoms with Crippen molar-refractivity contribution < 1.29 is 22.0 Å². The number of amides is 1. The molecule has 1 amide bonds. The zero-order valence-corrected chi connectivity index (χ0v) is 12.3. The molecule has 8 heteroatoms. The Morgan fingerprint density at radius 1 is 1.38 bits per heavy atom. The fourth-order valence-corrected chi connectivity index (χ4v) is 3.28. The molecule has 0 saturated carbocycles. The highest BCUT2D eigenvalue weighted by atomic mass is 32.2. The topological polar surface area (TPSA) is 80.5 Å². The SMILES string of the molecule is Cc1ccc(F)c(C(=O)N2CCCC(S(N)(=O)=O)C2)c1F. The molecule has 116 valence electrons. The number of sulfonamides is 1. The monoisotopic (exact) mass is 318 g/mol. The molecule has 1 aromatic rings. The molecule has 1 heterocycles. The molecule has 1 unspecified atom stereocenters. The molecule has 1 atom stereocenters. The minimum atomic E-state index is -3.78. The highest BCUT2D eigenvalue weighted by molar-refractivity contribution is 7.89. The maximum Gasteiger partial charge on any atom is 0.259 e. The summed E-state index contributed by atoms with van der Waals surface area (Å²) in [4.78, 5) is 13.4. The molecule has 0 aromatic heterocycles. The summed E-state index contributed by atoms with van der Waals surface area (Å²) >= 11 is 0. The maximum atomic E-state index is 14.0. The Bertz CT molecular complexity index is 676. The molecule has 0 aliphatic carbocycles. The van der Waals surface area contributed by atoms with E-state index in [9.17, 15) is 22.0 Å². The molecule has 1 fully saturated rings. The Hall–Kier alpha value is -1.54. The van der Waals surface area contributed by atoms with Gasteiger partial charge in [-0.25, -0.2) is 22.3 Å². The first-order valence-corrected chi connectivity index (χ1v) is 8.08. The number of primary sulfonamides is 1. The zero-order chi connectivity index (χ0) is 15.8. The van der Waals surface area contributed by atoms with E-state index in [2.05, 4.69) is 0 Å². The first-order chi connectivity index (χ1) is 9.71. The van der Waals surface area contributed by atoms with Gasteiger partial charge in [0, 0.05) is 13.1 Å². The lowest BCUT2D eigenvalue weighted by Gasteiger charge is -2.31. The lowest BCUT2D eigenvalue weighted by atomic mass is 10.1. The number of nitrogens with zero attached hydrogens (tertiary/aromatic N) is 1. The van der Waals surface area contributed by atoms with Crippen molar-refractivity contribution in [2.45, 2.75) is 25.0 Å². The molecule has 21 heavy (non-hydrogen) atoms. The predicted octanol–water partition coefficient (Wildman–Crippen LogP) is 1.17. The van der Waals surface area contributed by atoms with Crippen LogP contribution >= 0.6 is 0 Å². The lowest BCUT2D eigenvalue weighted by Crippen LogP contribution is -2.47. The summed E-state index contributed by atoms with van der Waals surface area (Å²) in [6.07, 6.45) is 0.753. The van der Waals surface area contributed by atoms with Gasteiger partial charge in [-0.15, -0.1) is 0 Å². The Balaban J connectivity index is 2.31. The fraction of sp³-hybridized carbons (Fsp3) is 0.462. The van der Waals surface area contributed by atoms with Gasteiger partial charge in [0.15, 0.2) is 0 Å². The van der Waals surface area contributed by atoms with Crippen molar-refractivity contribution >= 4 is 15.9 Å². The summed E-state index contributed by atoms with van der Waals surface area (Å²) in [5.41, 5.74) is -0.496. The smallest absolute Gasteiger partial charge is 0.259 e. The van der Waals surface area contributed by atoms with E-state index in [0.717, 1.165) is 11.0 Å². The number of nitrogens with two attached hydrogens (primary N) is 1. The van der Waals surface area contributed by atoms with E-state index in [4.69, 9.17) is 5.14 Å². The third-order valence-electron chi connectivity index (χ3n) is 3.63. The Morgan fingerprint density at radius 3 is 2.67 bits per heavy atom. The van der Waals surface area contributed by atoms with Crippen LogP contribution in [0.4, 0.5) is 8.78 Å². The summed E-state index contributed by atoms with van der Waals surface area (Å²) in [6, 6.07) is 2.26. The molecule has 5 nitrogen and oxygen atoms in total. The number of aryl methyl sites for hydroxylation is 1. The summed E-state index contributed by atoms with van der Waals surface area (Å²) in [5, 5.41) is 4.18. The summed E-state index contributed by atoms with van der Waals surface area (Å²) in [7, 11) is -3.78. The number of rotatable bonds is 2. The van der Waals surface area contributed by atoms with Gasteiger partial charge in [-0.3, -0.25) is 4.79 Å². The van der Waals surface area contributed by atoms with Gasteiger partial charge < -0.3 is 4.90 Å². The fourth-order valence-electron chi connectivity index (χ4n) is 2.40. The number of piperidine rings is 1. The van der Waals surface area contributed by atoms with Crippen LogP contribution in [0.15, 0.2) is 12.1 Å². The van der Waals surface area contributed by atoms with Crippen LogP contribution in [0.1, 0.15) is 28.8 Å². The summed E-state index contributed by atoms with van der Waals surface area (Å²) in [6.45, 7) is 1.52. The molecule has 0 radical (unpaired) electrons. The lowest BCUT2D eigenvalue weighted by molar-refractivity contribution is 0.0717. The first-order valence-electron chi connectivity index (χ1n) is 6.47. The van der Waals surface area contributed by atoms with E-state index in [1.807, 2.05) is 0 Å². The van der Waals surface area contributed by atoms with Crippen molar-refractivity contribution in [2.24, 2.45) is 5.14 Å². The van der Waals surface area contributed by atoms with E-state index in [1.165, 1.54) is 13.0 Å². The summed E-state index contributed by atoms with van der Waals surface area (Å²) in [5.74, 6) is -2.72. The van der Waals surface area contributed by atoms with Gasteiger partial charge in [0.05, 0.1) is 5.25 Å². The van der Waals surface area contributed by atoms with Gasteiger partial charge in [-0.2, -0.15) is 0 Å². The minimum Gasteiger partial charge on any atom is -0.337 e. The van der Waals surface area contributed by atoms with Gasteiger partial charge >= 0.3 is 0 Å². The minimum absolute atomic E-state index is 0.148. The van der Waals surface area contributed by atoms with E-state index in [0.29, 0.717) is 12.8 Å². The van der Waals surface area contributed by atoms with Crippen LogP contribution in [-0.2, 0) is 10.0 Å². The first kappa shape index (κ1) is 15.8. The molecule has 0 bridgehead atoms. The molecular weight excluding hydrogens is 302 g/mol. The van der Waals surface area contributed by atoms with Crippen molar-refractivity contribution in [3.63, 3.8) is 0 Å². The molecule has 2 rings (SSSR count). The molecular formula is C13H16F2N2O3S. The number of hydrogen-bond acceptors (Lipinski definition) is 3. The van der Waals surface area contributed by atoms with E-state index in [-0.39, 0.29) is 18.7 Å². The second kappa shape index (κ2) is 5.69. The van der Waals surface area contributed by atoms with Crippen molar-refractivity contribution in [2.75, 3.05) is 13.1 Å². The van der Waals surface area contributed by atoms with Crippen LogP contribution in [0.3, 0.4) is 0 Å². The molecule has 1 aromatic carbocycles. The molecule has 1 saturated heterocycles. The number of carbonyl (C=O) groups excluding carboxylic acids is 1. The molecule has 2 N–H and O–H groups in total. The van der Waals surface area contributed by atoms with Gasteiger partial charge in [0.1, 0.15) is 17.2 Å². The molecule has 0 spiro atoms. The van der Waals surface area contributed by atoms with Crippen molar-refractivity contribution in [1.29, 1.82) is 0 Å². The van der Waals surface area contributed by atoms with Crippen LogP contribution in [0.25, 0.3) is 0 Å². The normalized spacial score (nSPS) is 19.6. The number of carbonyl (C=O) groups is 1. The van der Waals surface area contributed by atoms with Crippen LogP contribution in [0.2, 0.25) is 0 Å². The van der Waals surface area contributed by atoms with Crippen LogP contribution in [-0.4, -0.2) is 37.6 Å². The van der Waals surface area contributed by atoms with Gasteiger partial charge in [-0.05, 0) is 31.4 Å². The number of halogens is 2. The average molecular weight is 318 g/mol. The van der Waals surface area contributed by atoms with E-state index >= 15 is 0 Å². The molecule has 1 aliphatic rings. The highest BCUT2D eigenvalue weighted by Gasteiger charge is 2.33. The maximum absolute atomic E-state index is 14.0. The number of benzene rings is 1. The Labute approximate surface area is 121 Å². The quantitative estimate of drug-likeness (QED) is 0.889.